The van der Waals surface area contributed by atoms with E-state index in [9.17, 15) is 9.59 Å². The van der Waals surface area contributed by atoms with Gasteiger partial charge in [-0.1, -0.05) is 19.9 Å². The van der Waals surface area contributed by atoms with Gasteiger partial charge in [0.15, 0.2) is 0 Å². The van der Waals surface area contributed by atoms with Crippen molar-refractivity contribution in [3.63, 3.8) is 0 Å². The van der Waals surface area contributed by atoms with Crippen LogP contribution >= 0.6 is 0 Å². The molecule has 0 amide bonds. The Morgan fingerprint density at radius 2 is 2.19 bits per heavy atom. The molecule has 1 aliphatic heterocycles. The third-order valence-corrected chi connectivity index (χ3v) is 5.20. The van der Waals surface area contributed by atoms with Crippen molar-refractivity contribution in [3.8, 4) is 0 Å². The number of fused-ring (bicyclic) bond motifs is 2. The predicted molar refractivity (Wildman–Crippen MR) is 77.0 cm³/mol. The molecule has 4 heteroatoms. The van der Waals surface area contributed by atoms with Crippen molar-refractivity contribution in [2.45, 2.75) is 46.6 Å². The molecule has 0 unspecified atom stereocenters. The standard InChI is InChI=1S/C17H20O4/c1-9-13-8-17(4)10(2)14(20-11(3)18)6-5-12(17)7-15(13)21-16(9)19/h5,7,10,14H,6,8H2,1-4H3/t10-,14-,17+/m0/s1. The van der Waals surface area contributed by atoms with E-state index >= 15 is 0 Å². The summed E-state index contributed by atoms with van der Waals surface area (Å²) in [6.45, 7) is 7.55. The number of hydrogen-bond donors (Lipinski definition) is 0. The molecule has 3 rings (SSSR count). The summed E-state index contributed by atoms with van der Waals surface area (Å²) in [4.78, 5) is 23.0. The fourth-order valence-electron chi connectivity index (χ4n) is 3.59. The number of ether oxygens (including phenoxy) is 2. The summed E-state index contributed by atoms with van der Waals surface area (Å²) in [5, 5.41) is 0. The monoisotopic (exact) mass is 288 g/mol. The molecule has 112 valence electrons. The Morgan fingerprint density at radius 1 is 1.48 bits per heavy atom. The van der Waals surface area contributed by atoms with E-state index in [2.05, 4.69) is 19.9 Å². The zero-order valence-electron chi connectivity index (χ0n) is 12.9. The Bertz CT molecular complexity index is 623. The predicted octanol–water partition coefficient (Wildman–Crippen LogP) is 3.05. The van der Waals surface area contributed by atoms with E-state index in [0.29, 0.717) is 17.8 Å². The number of esters is 2. The fourth-order valence-corrected chi connectivity index (χ4v) is 3.59. The highest BCUT2D eigenvalue weighted by Crippen LogP contribution is 2.53. The number of rotatable bonds is 1. The van der Waals surface area contributed by atoms with Gasteiger partial charge in [0.25, 0.3) is 0 Å². The maximum absolute atomic E-state index is 11.7. The topological polar surface area (TPSA) is 52.6 Å². The normalized spacial score (nSPS) is 34.6. The highest BCUT2D eigenvalue weighted by Gasteiger charge is 2.47. The van der Waals surface area contributed by atoms with Gasteiger partial charge in [0.05, 0.1) is 0 Å². The minimum atomic E-state index is -0.247. The van der Waals surface area contributed by atoms with Crippen molar-refractivity contribution in [1.82, 2.24) is 0 Å². The van der Waals surface area contributed by atoms with Gasteiger partial charge >= 0.3 is 11.9 Å². The average Bonchev–Trinajstić information content (AvgIpc) is 2.67. The molecular weight excluding hydrogens is 268 g/mol. The molecule has 2 aliphatic carbocycles. The van der Waals surface area contributed by atoms with Crippen molar-refractivity contribution >= 4 is 11.9 Å². The van der Waals surface area contributed by atoms with Gasteiger partial charge in [0.2, 0.25) is 0 Å². The van der Waals surface area contributed by atoms with E-state index in [1.165, 1.54) is 12.5 Å². The Labute approximate surface area is 124 Å². The molecule has 4 nitrogen and oxygen atoms in total. The van der Waals surface area contributed by atoms with Crippen LogP contribution in [0, 0.1) is 11.3 Å². The molecule has 0 aromatic rings. The van der Waals surface area contributed by atoms with Crippen LogP contribution < -0.4 is 0 Å². The maximum atomic E-state index is 11.7. The Balaban J connectivity index is 2.01. The molecule has 0 N–H and O–H groups in total. The number of carbonyl (C=O) groups is 2. The van der Waals surface area contributed by atoms with E-state index in [1.807, 2.05) is 13.0 Å². The number of hydrogen-bond acceptors (Lipinski definition) is 4. The summed E-state index contributed by atoms with van der Waals surface area (Å²) in [7, 11) is 0. The van der Waals surface area contributed by atoms with Crippen molar-refractivity contribution in [1.29, 1.82) is 0 Å². The molecule has 0 bridgehead atoms. The zero-order chi connectivity index (χ0) is 15.4. The Hall–Kier alpha value is -1.84. The first kappa shape index (κ1) is 14.1. The third-order valence-electron chi connectivity index (χ3n) is 5.20. The Kier molecular flexibility index (Phi) is 3.08. The van der Waals surface area contributed by atoms with Gasteiger partial charge in [-0.3, -0.25) is 4.79 Å². The summed E-state index contributed by atoms with van der Waals surface area (Å²) < 4.78 is 10.8. The van der Waals surface area contributed by atoms with Crippen LogP contribution in [0.5, 0.6) is 0 Å². The van der Waals surface area contributed by atoms with Crippen LogP contribution in [0.1, 0.15) is 40.5 Å². The van der Waals surface area contributed by atoms with Gasteiger partial charge in [0, 0.05) is 35.8 Å². The molecule has 0 radical (unpaired) electrons. The minimum Gasteiger partial charge on any atom is -0.462 e. The lowest BCUT2D eigenvalue weighted by Gasteiger charge is -2.46. The second-order valence-electron chi connectivity index (χ2n) is 6.43. The molecule has 3 aliphatic rings. The zero-order valence-corrected chi connectivity index (χ0v) is 12.9. The second kappa shape index (κ2) is 4.58. The van der Waals surface area contributed by atoms with Crippen molar-refractivity contribution in [3.05, 3.63) is 34.6 Å². The molecular formula is C17H20O4. The molecule has 0 spiro atoms. The second-order valence-corrected chi connectivity index (χ2v) is 6.43. The first-order chi connectivity index (χ1) is 9.83. The lowest BCUT2D eigenvalue weighted by molar-refractivity contribution is -0.151. The first-order valence-electron chi connectivity index (χ1n) is 7.35. The molecule has 1 heterocycles. The highest BCUT2D eigenvalue weighted by atomic mass is 16.5. The lowest BCUT2D eigenvalue weighted by atomic mass is 9.60. The van der Waals surface area contributed by atoms with E-state index in [0.717, 1.165) is 12.0 Å². The summed E-state index contributed by atoms with van der Waals surface area (Å²) in [5.41, 5.74) is 2.74. The van der Waals surface area contributed by atoms with Gasteiger partial charge in [-0.2, -0.15) is 0 Å². The fraction of sp³-hybridized carbons (Fsp3) is 0.529. The van der Waals surface area contributed by atoms with Gasteiger partial charge in [-0.25, -0.2) is 4.79 Å². The molecule has 3 atom stereocenters. The van der Waals surface area contributed by atoms with E-state index < -0.39 is 0 Å². The minimum absolute atomic E-state index is 0.106. The summed E-state index contributed by atoms with van der Waals surface area (Å²) >= 11 is 0. The SMILES string of the molecule is CC(=O)O[C@H]1CC=C2C=C3OC(=O)C(C)=C3C[C@]2(C)[C@H]1C. The van der Waals surface area contributed by atoms with Gasteiger partial charge in [0.1, 0.15) is 11.9 Å². The molecule has 21 heavy (non-hydrogen) atoms. The Morgan fingerprint density at radius 3 is 2.86 bits per heavy atom. The lowest BCUT2D eigenvalue weighted by Crippen LogP contribution is -2.42. The summed E-state index contributed by atoms with van der Waals surface area (Å²) in [6.07, 6.45) is 5.44. The van der Waals surface area contributed by atoms with Crippen LogP contribution in [0.2, 0.25) is 0 Å². The van der Waals surface area contributed by atoms with Crippen molar-refractivity contribution in [2.24, 2.45) is 11.3 Å². The average molecular weight is 288 g/mol. The van der Waals surface area contributed by atoms with E-state index in [-0.39, 0.29) is 29.4 Å². The summed E-state index contributed by atoms with van der Waals surface area (Å²) in [5.74, 6) is 0.395. The van der Waals surface area contributed by atoms with Gasteiger partial charge < -0.3 is 9.47 Å². The molecule has 0 aromatic carbocycles. The molecule has 0 fully saturated rings. The quantitative estimate of drug-likeness (QED) is 0.696. The molecule has 0 saturated carbocycles. The van der Waals surface area contributed by atoms with Crippen LogP contribution in [0.15, 0.2) is 34.6 Å². The first-order valence-corrected chi connectivity index (χ1v) is 7.35. The van der Waals surface area contributed by atoms with Crippen molar-refractivity contribution in [2.75, 3.05) is 0 Å². The maximum Gasteiger partial charge on any atom is 0.339 e. The van der Waals surface area contributed by atoms with Crippen LogP contribution in [0.4, 0.5) is 0 Å². The number of allylic oxidation sites excluding steroid dienone is 3. The van der Waals surface area contributed by atoms with Crippen LogP contribution in [0.3, 0.4) is 0 Å². The smallest absolute Gasteiger partial charge is 0.339 e. The molecule has 0 aromatic heterocycles. The van der Waals surface area contributed by atoms with E-state index in [1.54, 1.807) is 0 Å². The number of carbonyl (C=O) groups excluding carboxylic acids is 2. The van der Waals surface area contributed by atoms with Crippen LogP contribution in [-0.4, -0.2) is 18.0 Å². The van der Waals surface area contributed by atoms with Crippen LogP contribution in [-0.2, 0) is 19.1 Å². The third kappa shape index (κ3) is 2.04. The van der Waals surface area contributed by atoms with Gasteiger partial charge in [-0.15, -0.1) is 0 Å². The van der Waals surface area contributed by atoms with E-state index in [4.69, 9.17) is 9.47 Å². The summed E-state index contributed by atoms with van der Waals surface area (Å²) in [6, 6.07) is 0. The van der Waals surface area contributed by atoms with Crippen LogP contribution in [0.25, 0.3) is 0 Å². The largest absolute Gasteiger partial charge is 0.462 e. The van der Waals surface area contributed by atoms with Gasteiger partial charge in [-0.05, 0) is 25.0 Å². The highest BCUT2D eigenvalue weighted by molar-refractivity contribution is 5.94. The molecule has 0 saturated heterocycles. The van der Waals surface area contributed by atoms with Crippen molar-refractivity contribution < 1.29 is 19.1 Å².